The smallest absolute Gasteiger partial charge is 0.307 e. The predicted octanol–water partition coefficient (Wildman–Crippen LogP) is 1.11. The van der Waals surface area contributed by atoms with Gasteiger partial charge in [0.05, 0.1) is 24.3 Å². The summed E-state index contributed by atoms with van der Waals surface area (Å²) in [6.07, 6.45) is 0.282. The molecule has 0 aromatic carbocycles. The summed E-state index contributed by atoms with van der Waals surface area (Å²) in [6.45, 7) is 6.32. The molecule has 5 heteroatoms. The summed E-state index contributed by atoms with van der Waals surface area (Å²) in [5, 5.41) is 17.5. The van der Waals surface area contributed by atoms with Gasteiger partial charge in [0.15, 0.2) is 0 Å². The van der Waals surface area contributed by atoms with E-state index in [9.17, 15) is 9.59 Å². The predicted molar refractivity (Wildman–Crippen MR) is 60.9 cm³/mol. The number of aliphatic carboxylic acids is 1. The zero-order valence-corrected chi connectivity index (χ0v) is 10.4. The molecular formula is C12H18N2O3. The summed E-state index contributed by atoms with van der Waals surface area (Å²) < 4.78 is 0. The van der Waals surface area contributed by atoms with Crippen LogP contribution in [0.4, 0.5) is 0 Å². The van der Waals surface area contributed by atoms with Crippen LogP contribution in [0.5, 0.6) is 0 Å². The van der Waals surface area contributed by atoms with Crippen LogP contribution in [0, 0.1) is 28.6 Å². The van der Waals surface area contributed by atoms with E-state index in [-0.39, 0.29) is 12.3 Å². The molecule has 0 aliphatic heterocycles. The minimum absolute atomic E-state index is 0.139. The molecule has 0 aromatic heterocycles. The molecule has 0 heterocycles. The highest BCUT2D eigenvalue weighted by Crippen LogP contribution is 2.58. The number of nitriles is 1. The fourth-order valence-electron chi connectivity index (χ4n) is 2.37. The van der Waals surface area contributed by atoms with Gasteiger partial charge in [0.2, 0.25) is 5.91 Å². The van der Waals surface area contributed by atoms with Crippen molar-refractivity contribution in [2.75, 3.05) is 13.1 Å². The van der Waals surface area contributed by atoms with E-state index in [2.05, 4.69) is 0 Å². The molecule has 0 aromatic rings. The van der Waals surface area contributed by atoms with Crippen LogP contribution >= 0.6 is 0 Å². The summed E-state index contributed by atoms with van der Waals surface area (Å²) in [6, 6.07) is 1.99. The molecule has 1 N–H and O–H groups in total. The molecule has 1 aliphatic rings. The lowest BCUT2D eigenvalue weighted by Crippen LogP contribution is -2.34. The van der Waals surface area contributed by atoms with Crippen molar-refractivity contribution < 1.29 is 14.7 Å². The molecule has 1 rings (SSSR count). The monoisotopic (exact) mass is 238 g/mol. The van der Waals surface area contributed by atoms with Crippen LogP contribution < -0.4 is 0 Å². The maximum atomic E-state index is 12.1. The highest BCUT2D eigenvalue weighted by molar-refractivity contribution is 5.91. The number of carbonyl (C=O) groups excluding carboxylic acids is 1. The van der Waals surface area contributed by atoms with Crippen LogP contribution in [0.25, 0.3) is 0 Å². The largest absolute Gasteiger partial charge is 0.481 e. The number of hydrogen-bond acceptors (Lipinski definition) is 3. The van der Waals surface area contributed by atoms with Crippen molar-refractivity contribution in [3.8, 4) is 6.07 Å². The molecule has 0 bridgehead atoms. The summed E-state index contributed by atoms with van der Waals surface area (Å²) in [5.74, 6) is -2.09. The van der Waals surface area contributed by atoms with Gasteiger partial charge in [-0.3, -0.25) is 9.59 Å². The topological polar surface area (TPSA) is 81.4 Å². The highest BCUT2D eigenvalue weighted by atomic mass is 16.4. The van der Waals surface area contributed by atoms with Gasteiger partial charge in [-0.05, 0) is 12.3 Å². The molecule has 1 saturated carbocycles. The summed E-state index contributed by atoms with van der Waals surface area (Å²) in [7, 11) is 0. The molecule has 1 fully saturated rings. The number of carboxylic acids is 1. The van der Waals surface area contributed by atoms with Crippen LogP contribution in [-0.4, -0.2) is 35.0 Å². The zero-order chi connectivity index (χ0) is 13.2. The first kappa shape index (κ1) is 13.5. The third kappa shape index (κ3) is 2.41. The fourth-order valence-corrected chi connectivity index (χ4v) is 2.37. The summed E-state index contributed by atoms with van der Waals surface area (Å²) in [5.41, 5.74) is -0.469. The Morgan fingerprint density at radius 3 is 2.35 bits per heavy atom. The Morgan fingerprint density at radius 2 is 2.00 bits per heavy atom. The van der Waals surface area contributed by atoms with E-state index < -0.39 is 23.2 Å². The maximum absolute atomic E-state index is 12.1. The molecule has 0 unspecified atom stereocenters. The van der Waals surface area contributed by atoms with Gasteiger partial charge < -0.3 is 10.0 Å². The quantitative estimate of drug-likeness (QED) is 0.777. The molecule has 5 nitrogen and oxygen atoms in total. The van der Waals surface area contributed by atoms with Crippen molar-refractivity contribution in [1.82, 2.24) is 4.90 Å². The molecule has 1 aliphatic carbocycles. The average Bonchev–Trinajstić information content (AvgIpc) is 2.82. The highest BCUT2D eigenvalue weighted by Gasteiger charge is 2.66. The van der Waals surface area contributed by atoms with Gasteiger partial charge >= 0.3 is 5.97 Å². The lowest BCUT2D eigenvalue weighted by Gasteiger charge is -2.20. The van der Waals surface area contributed by atoms with Gasteiger partial charge in [-0.15, -0.1) is 0 Å². The second-order valence-electron chi connectivity index (χ2n) is 4.94. The molecule has 0 radical (unpaired) electrons. The van der Waals surface area contributed by atoms with Crippen molar-refractivity contribution in [3.63, 3.8) is 0 Å². The first-order valence-corrected chi connectivity index (χ1v) is 5.76. The van der Waals surface area contributed by atoms with Crippen molar-refractivity contribution >= 4 is 11.9 Å². The third-order valence-electron chi connectivity index (χ3n) is 3.55. The maximum Gasteiger partial charge on any atom is 0.307 e. The van der Waals surface area contributed by atoms with Crippen LogP contribution in [-0.2, 0) is 9.59 Å². The summed E-state index contributed by atoms with van der Waals surface area (Å²) in [4.78, 5) is 24.7. The molecule has 1 amide bonds. The van der Waals surface area contributed by atoms with Gasteiger partial charge in [-0.25, -0.2) is 0 Å². The molecule has 0 saturated heterocycles. The molecule has 94 valence electrons. The number of rotatable bonds is 5. The van der Waals surface area contributed by atoms with Gasteiger partial charge in [0.25, 0.3) is 0 Å². The molecule has 17 heavy (non-hydrogen) atoms. The number of nitrogens with zero attached hydrogens (tertiary/aromatic N) is 2. The van der Waals surface area contributed by atoms with Gasteiger partial charge in [-0.1, -0.05) is 13.8 Å². The van der Waals surface area contributed by atoms with Crippen LogP contribution in [0.3, 0.4) is 0 Å². The SMILES string of the molecule is CCN(CCC#N)C(=O)[C@H]1[C@@H](C(=O)O)C1(C)C. The third-order valence-corrected chi connectivity index (χ3v) is 3.55. The number of carboxylic acid groups (broad SMARTS) is 1. The number of carbonyl (C=O) groups is 2. The average molecular weight is 238 g/mol. The lowest BCUT2D eigenvalue weighted by atomic mass is 10.1. The summed E-state index contributed by atoms with van der Waals surface area (Å²) >= 11 is 0. The standard InChI is InChI=1S/C12H18N2O3/c1-4-14(7-5-6-13)10(15)8-9(11(16)17)12(8,2)3/h8-9H,4-5,7H2,1-3H3,(H,16,17)/t8-,9+/m1/s1. The Balaban J connectivity index is 2.71. The van der Waals surface area contributed by atoms with E-state index in [1.165, 1.54) is 0 Å². The second-order valence-corrected chi connectivity index (χ2v) is 4.94. The first-order valence-electron chi connectivity index (χ1n) is 5.76. The minimum atomic E-state index is -0.912. The Labute approximate surface area is 101 Å². The Kier molecular flexibility index (Phi) is 3.76. The fraction of sp³-hybridized carbons (Fsp3) is 0.750. The van der Waals surface area contributed by atoms with Crippen LogP contribution in [0.15, 0.2) is 0 Å². The zero-order valence-electron chi connectivity index (χ0n) is 10.4. The van der Waals surface area contributed by atoms with E-state index in [0.717, 1.165) is 0 Å². The van der Waals surface area contributed by atoms with E-state index in [1.54, 1.807) is 18.7 Å². The van der Waals surface area contributed by atoms with E-state index in [4.69, 9.17) is 10.4 Å². The van der Waals surface area contributed by atoms with E-state index in [1.807, 2.05) is 13.0 Å². The van der Waals surface area contributed by atoms with E-state index >= 15 is 0 Å². The van der Waals surface area contributed by atoms with Gasteiger partial charge in [0, 0.05) is 13.1 Å². The number of hydrogen-bond donors (Lipinski definition) is 1. The molecule has 2 atom stereocenters. The second kappa shape index (κ2) is 4.74. The lowest BCUT2D eigenvalue weighted by molar-refractivity contribution is -0.142. The van der Waals surface area contributed by atoms with Crippen molar-refractivity contribution in [2.45, 2.75) is 27.2 Å². The minimum Gasteiger partial charge on any atom is -0.481 e. The van der Waals surface area contributed by atoms with Crippen molar-refractivity contribution in [1.29, 1.82) is 5.26 Å². The van der Waals surface area contributed by atoms with Gasteiger partial charge in [0.1, 0.15) is 0 Å². The van der Waals surface area contributed by atoms with Crippen molar-refractivity contribution in [2.24, 2.45) is 17.3 Å². The Bertz CT molecular complexity index is 370. The van der Waals surface area contributed by atoms with Crippen LogP contribution in [0.1, 0.15) is 27.2 Å². The van der Waals surface area contributed by atoms with Gasteiger partial charge in [-0.2, -0.15) is 5.26 Å². The van der Waals surface area contributed by atoms with Crippen LogP contribution in [0.2, 0.25) is 0 Å². The normalized spacial score (nSPS) is 24.8. The van der Waals surface area contributed by atoms with E-state index in [0.29, 0.717) is 13.1 Å². The number of amides is 1. The van der Waals surface area contributed by atoms with Crippen molar-refractivity contribution in [3.05, 3.63) is 0 Å². The molecular weight excluding hydrogens is 220 g/mol. The Morgan fingerprint density at radius 1 is 1.41 bits per heavy atom. The Hall–Kier alpha value is -1.57. The first-order chi connectivity index (χ1) is 7.87. The molecule has 0 spiro atoms.